The predicted octanol–water partition coefficient (Wildman–Crippen LogP) is 2.08. The van der Waals surface area contributed by atoms with E-state index >= 15 is 0 Å². The highest BCUT2D eigenvalue weighted by Crippen LogP contribution is 2.40. The number of ether oxygens (including phenoxy) is 1. The Kier molecular flexibility index (Phi) is 4.66. The Morgan fingerprint density at radius 2 is 2.18 bits per heavy atom. The third-order valence-corrected chi connectivity index (χ3v) is 4.74. The van der Waals surface area contributed by atoms with Crippen LogP contribution in [0.4, 0.5) is 4.79 Å². The van der Waals surface area contributed by atoms with E-state index in [0.29, 0.717) is 12.0 Å². The Balaban J connectivity index is 1.68. The van der Waals surface area contributed by atoms with E-state index in [1.54, 1.807) is 6.20 Å². The van der Waals surface area contributed by atoms with Gasteiger partial charge in [0.05, 0.1) is 6.04 Å². The molecule has 3 rings (SSSR count). The third kappa shape index (κ3) is 3.27. The maximum Gasteiger partial charge on any atom is 0.318 e. The van der Waals surface area contributed by atoms with Crippen LogP contribution in [-0.4, -0.2) is 46.3 Å². The second-order valence-electron chi connectivity index (χ2n) is 6.29. The smallest absolute Gasteiger partial charge is 0.318 e. The molecule has 6 heteroatoms. The van der Waals surface area contributed by atoms with Crippen LogP contribution < -0.4 is 5.32 Å². The predicted molar refractivity (Wildman–Crippen MR) is 83.4 cm³/mol. The van der Waals surface area contributed by atoms with Crippen LogP contribution in [0.3, 0.4) is 0 Å². The zero-order valence-electron chi connectivity index (χ0n) is 13.5. The van der Waals surface area contributed by atoms with Crippen LogP contribution in [0, 0.1) is 5.92 Å². The van der Waals surface area contributed by atoms with Crippen LogP contribution >= 0.6 is 0 Å². The first-order valence-corrected chi connectivity index (χ1v) is 8.32. The van der Waals surface area contributed by atoms with Gasteiger partial charge in [-0.3, -0.25) is 0 Å². The summed E-state index contributed by atoms with van der Waals surface area (Å²) in [4.78, 5) is 19.2. The summed E-state index contributed by atoms with van der Waals surface area (Å²) in [6, 6.07) is 0.357. The molecule has 2 aliphatic rings. The van der Waals surface area contributed by atoms with E-state index in [-0.39, 0.29) is 12.1 Å². The molecule has 0 aromatic carbocycles. The standard InChI is InChI=1S/C16H26N4O2/c1-3-20(13-6-10-22-11-7-13)16(21)18-14(12-4-5-12)15-17-8-9-19(15)2/h8-9,12-14H,3-7,10-11H2,1-2H3,(H,18,21)/t14-/m1/s1. The number of imidazole rings is 1. The zero-order chi connectivity index (χ0) is 15.5. The molecule has 122 valence electrons. The van der Waals surface area contributed by atoms with Crippen molar-refractivity contribution < 1.29 is 9.53 Å². The number of aryl methyl sites for hydroxylation is 1. The van der Waals surface area contributed by atoms with Crippen molar-refractivity contribution >= 4 is 6.03 Å². The van der Waals surface area contributed by atoms with Crippen LogP contribution in [0.5, 0.6) is 0 Å². The minimum absolute atomic E-state index is 0.0291. The molecular formula is C16H26N4O2. The number of rotatable bonds is 5. The maximum atomic E-state index is 12.8. The summed E-state index contributed by atoms with van der Waals surface area (Å²) in [6.45, 7) is 4.27. The number of hydrogen-bond donors (Lipinski definition) is 1. The molecule has 1 saturated heterocycles. The Labute approximate surface area is 131 Å². The first kappa shape index (κ1) is 15.3. The summed E-state index contributed by atoms with van der Waals surface area (Å²) < 4.78 is 7.41. The van der Waals surface area contributed by atoms with Crippen molar-refractivity contribution in [2.75, 3.05) is 19.8 Å². The van der Waals surface area contributed by atoms with Crippen LogP contribution in [0.15, 0.2) is 12.4 Å². The summed E-state index contributed by atoms with van der Waals surface area (Å²) in [6.07, 6.45) is 7.93. The van der Waals surface area contributed by atoms with Crippen LogP contribution in [-0.2, 0) is 11.8 Å². The highest BCUT2D eigenvalue weighted by atomic mass is 16.5. The Morgan fingerprint density at radius 1 is 1.45 bits per heavy atom. The lowest BCUT2D eigenvalue weighted by atomic mass is 10.1. The molecule has 1 N–H and O–H groups in total. The zero-order valence-corrected chi connectivity index (χ0v) is 13.5. The second-order valence-corrected chi connectivity index (χ2v) is 6.29. The number of nitrogens with zero attached hydrogens (tertiary/aromatic N) is 3. The van der Waals surface area contributed by atoms with Gasteiger partial charge in [0.15, 0.2) is 0 Å². The van der Waals surface area contributed by atoms with Crippen LogP contribution in [0.2, 0.25) is 0 Å². The van der Waals surface area contributed by atoms with Crippen molar-refractivity contribution in [1.82, 2.24) is 19.8 Å². The molecule has 22 heavy (non-hydrogen) atoms. The molecule has 1 aliphatic carbocycles. The average molecular weight is 306 g/mol. The fraction of sp³-hybridized carbons (Fsp3) is 0.750. The molecule has 2 amide bonds. The average Bonchev–Trinajstić information content (AvgIpc) is 3.29. The number of carbonyl (C=O) groups is 1. The van der Waals surface area contributed by atoms with Crippen molar-refractivity contribution in [3.8, 4) is 0 Å². The van der Waals surface area contributed by atoms with Gasteiger partial charge in [0, 0.05) is 45.2 Å². The normalized spacial score (nSPS) is 20.6. The van der Waals surface area contributed by atoms with Gasteiger partial charge < -0.3 is 19.5 Å². The SMILES string of the molecule is CCN(C(=O)N[C@@H](c1nccn1C)C1CC1)C1CCOCC1. The number of aromatic nitrogens is 2. The molecule has 1 atom stereocenters. The monoisotopic (exact) mass is 306 g/mol. The van der Waals surface area contributed by atoms with Gasteiger partial charge in [-0.25, -0.2) is 9.78 Å². The molecule has 0 spiro atoms. The van der Waals surface area contributed by atoms with Gasteiger partial charge in [-0.15, -0.1) is 0 Å². The molecule has 2 fully saturated rings. The third-order valence-electron chi connectivity index (χ3n) is 4.74. The van der Waals surface area contributed by atoms with Crippen molar-refractivity contribution in [3.05, 3.63) is 18.2 Å². The largest absolute Gasteiger partial charge is 0.381 e. The van der Waals surface area contributed by atoms with E-state index in [0.717, 1.165) is 38.4 Å². The van der Waals surface area contributed by atoms with Gasteiger partial charge >= 0.3 is 6.03 Å². The Bertz CT molecular complexity index is 506. The highest BCUT2D eigenvalue weighted by Gasteiger charge is 2.37. The molecule has 0 unspecified atom stereocenters. The fourth-order valence-corrected chi connectivity index (χ4v) is 3.28. The van der Waals surface area contributed by atoms with Gasteiger partial charge in [-0.05, 0) is 38.5 Å². The van der Waals surface area contributed by atoms with Crippen molar-refractivity contribution in [1.29, 1.82) is 0 Å². The molecule has 6 nitrogen and oxygen atoms in total. The summed E-state index contributed by atoms with van der Waals surface area (Å²) in [5.74, 6) is 1.48. The number of nitrogens with one attached hydrogen (secondary N) is 1. The number of hydrogen-bond acceptors (Lipinski definition) is 3. The number of carbonyl (C=O) groups excluding carboxylic acids is 1. The Hall–Kier alpha value is -1.56. The summed E-state index contributed by atoms with van der Waals surface area (Å²) in [5, 5.41) is 3.23. The van der Waals surface area contributed by atoms with E-state index in [2.05, 4.69) is 10.3 Å². The van der Waals surface area contributed by atoms with E-state index in [1.807, 2.05) is 29.6 Å². The lowest BCUT2D eigenvalue weighted by Crippen LogP contribution is -2.49. The van der Waals surface area contributed by atoms with E-state index < -0.39 is 0 Å². The minimum atomic E-state index is 0.0291. The van der Waals surface area contributed by atoms with Crippen LogP contribution in [0.1, 0.15) is 44.5 Å². The number of urea groups is 1. The van der Waals surface area contributed by atoms with Gasteiger partial charge in [0.2, 0.25) is 0 Å². The molecule has 1 aromatic heterocycles. The Morgan fingerprint density at radius 3 is 2.73 bits per heavy atom. The lowest BCUT2D eigenvalue weighted by molar-refractivity contribution is 0.0466. The molecule has 0 bridgehead atoms. The first-order chi connectivity index (χ1) is 10.7. The van der Waals surface area contributed by atoms with Gasteiger partial charge in [0.1, 0.15) is 5.82 Å². The van der Waals surface area contributed by atoms with Crippen LogP contribution in [0.25, 0.3) is 0 Å². The maximum absolute atomic E-state index is 12.8. The van der Waals surface area contributed by atoms with E-state index in [9.17, 15) is 4.79 Å². The van der Waals surface area contributed by atoms with E-state index in [1.165, 1.54) is 12.8 Å². The number of amides is 2. The second kappa shape index (κ2) is 6.69. The summed E-state index contributed by atoms with van der Waals surface area (Å²) in [5.41, 5.74) is 0. The fourth-order valence-electron chi connectivity index (χ4n) is 3.28. The summed E-state index contributed by atoms with van der Waals surface area (Å²) >= 11 is 0. The van der Waals surface area contributed by atoms with Gasteiger partial charge in [-0.2, -0.15) is 0 Å². The quantitative estimate of drug-likeness (QED) is 0.906. The van der Waals surface area contributed by atoms with Crippen molar-refractivity contribution in [2.24, 2.45) is 13.0 Å². The molecule has 1 saturated carbocycles. The topological polar surface area (TPSA) is 59.4 Å². The van der Waals surface area contributed by atoms with Crippen molar-refractivity contribution in [3.63, 3.8) is 0 Å². The van der Waals surface area contributed by atoms with E-state index in [4.69, 9.17) is 4.74 Å². The minimum Gasteiger partial charge on any atom is -0.381 e. The molecule has 1 aliphatic heterocycles. The molecule has 0 radical (unpaired) electrons. The molecular weight excluding hydrogens is 280 g/mol. The van der Waals surface area contributed by atoms with Gasteiger partial charge in [0.25, 0.3) is 0 Å². The van der Waals surface area contributed by atoms with Gasteiger partial charge in [-0.1, -0.05) is 0 Å². The van der Waals surface area contributed by atoms with Crippen molar-refractivity contribution in [2.45, 2.75) is 44.7 Å². The summed E-state index contributed by atoms with van der Waals surface area (Å²) in [7, 11) is 1.99. The lowest BCUT2D eigenvalue weighted by Gasteiger charge is -2.34. The molecule has 1 aromatic rings. The first-order valence-electron chi connectivity index (χ1n) is 8.32. The molecule has 2 heterocycles. The highest BCUT2D eigenvalue weighted by molar-refractivity contribution is 5.75.